The number of benzene rings is 1. The van der Waals surface area contributed by atoms with E-state index < -0.39 is 11.8 Å². The average molecular weight is 286 g/mol. The molecule has 0 radical (unpaired) electrons. The Morgan fingerprint density at radius 2 is 1.76 bits per heavy atom. The molecule has 1 aromatic heterocycles. The Balaban J connectivity index is 1.91. The van der Waals surface area contributed by atoms with Crippen LogP contribution in [0.4, 0.5) is 0 Å². The summed E-state index contributed by atoms with van der Waals surface area (Å²) in [6.07, 6.45) is 2.36. The van der Waals surface area contributed by atoms with Gasteiger partial charge in [-0.3, -0.25) is 14.6 Å². The second kappa shape index (κ2) is 7.35. The van der Waals surface area contributed by atoms with Gasteiger partial charge in [0, 0.05) is 31.2 Å². The summed E-state index contributed by atoms with van der Waals surface area (Å²) in [4.78, 5) is 27.2. The quantitative estimate of drug-likeness (QED) is 0.672. The van der Waals surface area contributed by atoms with Crippen molar-refractivity contribution < 1.29 is 9.59 Å². The highest BCUT2D eigenvalue weighted by Crippen LogP contribution is 2.15. The summed E-state index contributed by atoms with van der Waals surface area (Å²) in [5.41, 5.74) is 7.21. The van der Waals surface area contributed by atoms with E-state index in [-0.39, 0.29) is 0 Å². The predicted molar refractivity (Wildman–Crippen MR) is 80.5 cm³/mol. The molecular weight excluding hydrogens is 268 g/mol. The molecule has 0 saturated heterocycles. The zero-order chi connectivity index (χ0) is 15.1. The number of nitrogens with two attached hydrogens (primary N) is 1. The zero-order valence-electron chi connectivity index (χ0n) is 11.6. The maximum atomic E-state index is 11.5. The van der Waals surface area contributed by atoms with Gasteiger partial charge in [0.15, 0.2) is 0 Å². The second-order valence-electron chi connectivity index (χ2n) is 4.54. The summed E-state index contributed by atoms with van der Waals surface area (Å²) in [5.74, 6) is -1.30. The largest absolute Gasteiger partial charge is 0.348 e. The average Bonchev–Trinajstić information content (AvgIpc) is 2.52. The third-order valence-electron chi connectivity index (χ3n) is 3.03. The van der Waals surface area contributed by atoms with Crippen LogP contribution in [0.3, 0.4) is 0 Å². The first-order valence-electron chi connectivity index (χ1n) is 6.81. The molecule has 0 aliphatic rings. The highest BCUT2D eigenvalue weighted by atomic mass is 16.2. The van der Waals surface area contributed by atoms with Crippen LogP contribution in [0.1, 0.15) is 5.56 Å². The number of para-hydroxylation sites is 1. The van der Waals surface area contributed by atoms with Gasteiger partial charge in [-0.05, 0) is 18.1 Å². The van der Waals surface area contributed by atoms with Crippen molar-refractivity contribution in [1.29, 1.82) is 0 Å². The normalized spacial score (nSPS) is 10.3. The van der Waals surface area contributed by atoms with Gasteiger partial charge < -0.3 is 16.4 Å². The predicted octanol–water partition coefficient (Wildman–Crippen LogP) is -0.0316. The smallest absolute Gasteiger partial charge is 0.309 e. The van der Waals surface area contributed by atoms with Gasteiger partial charge in [-0.15, -0.1) is 0 Å². The van der Waals surface area contributed by atoms with Crippen LogP contribution in [-0.4, -0.2) is 36.4 Å². The van der Waals surface area contributed by atoms with Gasteiger partial charge in [-0.1, -0.05) is 24.3 Å². The first-order chi connectivity index (χ1) is 10.2. The number of carbonyl (C=O) groups excluding carboxylic acids is 2. The van der Waals surface area contributed by atoms with Crippen molar-refractivity contribution in [3.63, 3.8) is 0 Å². The number of hydrogen-bond donors (Lipinski definition) is 3. The summed E-state index contributed by atoms with van der Waals surface area (Å²) in [6.45, 7) is 0.977. The zero-order valence-corrected chi connectivity index (χ0v) is 11.6. The van der Waals surface area contributed by atoms with E-state index in [0.717, 1.165) is 16.5 Å². The molecule has 6 nitrogen and oxygen atoms in total. The molecule has 2 rings (SSSR count). The minimum absolute atomic E-state index is 0.291. The highest BCUT2D eigenvalue weighted by molar-refractivity contribution is 6.35. The van der Waals surface area contributed by atoms with E-state index in [1.54, 1.807) is 6.20 Å². The summed E-state index contributed by atoms with van der Waals surface area (Å²) >= 11 is 0. The van der Waals surface area contributed by atoms with Gasteiger partial charge in [-0.25, -0.2) is 0 Å². The summed E-state index contributed by atoms with van der Waals surface area (Å²) in [7, 11) is 0. The Morgan fingerprint density at radius 1 is 1.05 bits per heavy atom. The lowest BCUT2D eigenvalue weighted by atomic mass is 10.1. The number of hydrogen-bond acceptors (Lipinski definition) is 4. The molecule has 1 aromatic carbocycles. The number of amides is 2. The minimum Gasteiger partial charge on any atom is -0.348 e. The number of aromatic nitrogens is 1. The van der Waals surface area contributed by atoms with E-state index in [9.17, 15) is 9.59 Å². The van der Waals surface area contributed by atoms with Crippen LogP contribution in [-0.2, 0) is 16.0 Å². The van der Waals surface area contributed by atoms with Gasteiger partial charge in [0.1, 0.15) is 0 Å². The van der Waals surface area contributed by atoms with Crippen LogP contribution in [0.5, 0.6) is 0 Å². The van der Waals surface area contributed by atoms with E-state index >= 15 is 0 Å². The fourth-order valence-corrected chi connectivity index (χ4v) is 2.03. The fraction of sp³-hybridized carbons (Fsp3) is 0.267. The number of carbonyl (C=O) groups is 2. The van der Waals surface area contributed by atoms with Crippen LogP contribution in [0.15, 0.2) is 36.5 Å². The first kappa shape index (κ1) is 14.9. The summed E-state index contributed by atoms with van der Waals surface area (Å²) in [5, 5.41) is 6.06. The van der Waals surface area contributed by atoms with Crippen LogP contribution in [0.2, 0.25) is 0 Å². The molecule has 0 unspecified atom stereocenters. The topological polar surface area (TPSA) is 97.1 Å². The molecule has 4 N–H and O–H groups in total. The third-order valence-corrected chi connectivity index (χ3v) is 3.03. The molecule has 0 saturated carbocycles. The maximum Gasteiger partial charge on any atom is 0.309 e. The number of pyridine rings is 1. The molecule has 0 bridgehead atoms. The monoisotopic (exact) mass is 286 g/mol. The lowest BCUT2D eigenvalue weighted by Crippen LogP contribution is -2.42. The molecule has 2 aromatic rings. The van der Waals surface area contributed by atoms with Crippen molar-refractivity contribution in [1.82, 2.24) is 15.6 Å². The van der Waals surface area contributed by atoms with Crippen molar-refractivity contribution in [2.24, 2.45) is 5.73 Å². The summed E-state index contributed by atoms with van der Waals surface area (Å²) in [6, 6.07) is 9.79. The van der Waals surface area contributed by atoms with E-state index in [0.29, 0.717) is 26.1 Å². The van der Waals surface area contributed by atoms with E-state index in [1.165, 1.54) is 0 Å². The van der Waals surface area contributed by atoms with Gasteiger partial charge >= 0.3 is 11.8 Å². The van der Waals surface area contributed by atoms with Crippen LogP contribution >= 0.6 is 0 Å². The Bertz CT molecular complexity index is 637. The Labute approximate surface area is 122 Å². The highest BCUT2D eigenvalue weighted by Gasteiger charge is 2.11. The van der Waals surface area contributed by atoms with E-state index in [2.05, 4.69) is 15.6 Å². The van der Waals surface area contributed by atoms with E-state index in [4.69, 9.17) is 5.73 Å². The standard InChI is InChI=1S/C15H18N4O2/c16-7-10-19-15(21)14(20)18-9-6-12-4-1-3-11-5-2-8-17-13(11)12/h1-5,8H,6-7,9-10,16H2,(H,18,20)(H,19,21). The van der Waals surface area contributed by atoms with Crippen LogP contribution in [0, 0.1) is 0 Å². The molecule has 6 heteroatoms. The molecule has 0 aliphatic carbocycles. The Kier molecular flexibility index (Phi) is 5.22. The van der Waals surface area contributed by atoms with Crippen molar-refractivity contribution in [3.8, 4) is 0 Å². The van der Waals surface area contributed by atoms with Crippen molar-refractivity contribution in [2.75, 3.05) is 19.6 Å². The fourth-order valence-electron chi connectivity index (χ4n) is 2.03. The first-order valence-corrected chi connectivity index (χ1v) is 6.81. The van der Waals surface area contributed by atoms with Gasteiger partial charge in [0.25, 0.3) is 0 Å². The lowest BCUT2D eigenvalue weighted by Gasteiger charge is -2.07. The Morgan fingerprint density at radius 3 is 2.52 bits per heavy atom. The maximum absolute atomic E-state index is 11.5. The third kappa shape index (κ3) is 4.00. The van der Waals surface area contributed by atoms with Gasteiger partial charge in [0.05, 0.1) is 5.52 Å². The number of nitrogens with one attached hydrogen (secondary N) is 2. The molecular formula is C15H18N4O2. The van der Waals surface area contributed by atoms with E-state index in [1.807, 2.05) is 30.3 Å². The van der Waals surface area contributed by atoms with Crippen LogP contribution < -0.4 is 16.4 Å². The molecule has 0 spiro atoms. The van der Waals surface area contributed by atoms with Gasteiger partial charge in [-0.2, -0.15) is 0 Å². The van der Waals surface area contributed by atoms with Crippen molar-refractivity contribution >= 4 is 22.7 Å². The lowest BCUT2D eigenvalue weighted by molar-refractivity contribution is -0.139. The molecule has 21 heavy (non-hydrogen) atoms. The molecule has 2 amide bonds. The number of fused-ring (bicyclic) bond motifs is 1. The van der Waals surface area contributed by atoms with Crippen molar-refractivity contribution in [3.05, 3.63) is 42.1 Å². The molecule has 0 aliphatic heterocycles. The number of rotatable bonds is 5. The number of nitrogens with zero attached hydrogens (tertiary/aromatic N) is 1. The molecule has 110 valence electrons. The minimum atomic E-state index is -0.656. The molecule has 0 fully saturated rings. The molecule has 0 atom stereocenters. The molecule has 1 heterocycles. The van der Waals surface area contributed by atoms with Gasteiger partial charge in [0.2, 0.25) is 0 Å². The SMILES string of the molecule is NCCNC(=O)C(=O)NCCc1cccc2cccnc12. The second-order valence-corrected chi connectivity index (χ2v) is 4.54. The van der Waals surface area contributed by atoms with Crippen molar-refractivity contribution in [2.45, 2.75) is 6.42 Å². The Hall–Kier alpha value is -2.47. The summed E-state index contributed by atoms with van der Waals surface area (Å²) < 4.78 is 0. The van der Waals surface area contributed by atoms with Crippen LogP contribution in [0.25, 0.3) is 10.9 Å².